The molecule has 4 aromatic rings. The van der Waals surface area contributed by atoms with E-state index in [4.69, 9.17) is 5.73 Å². The maximum atomic E-state index is 13.7. The van der Waals surface area contributed by atoms with E-state index in [2.05, 4.69) is 20.1 Å². The topological polar surface area (TPSA) is 112 Å². The van der Waals surface area contributed by atoms with E-state index in [0.29, 0.717) is 28.0 Å². The third-order valence-corrected chi connectivity index (χ3v) is 5.35. The lowest BCUT2D eigenvalue weighted by molar-refractivity contribution is -0.274. The maximum Gasteiger partial charge on any atom is 0.573 e. The van der Waals surface area contributed by atoms with Gasteiger partial charge in [0.05, 0.1) is 34.7 Å². The van der Waals surface area contributed by atoms with Crippen molar-refractivity contribution in [3.05, 3.63) is 82.6 Å². The molecule has 8 nitrogen and oxygen atoms in total. The third-order valence-electron chi connectivity index (χ3n) is 5.35. The van der Waals surface area contributed by atoms with Crippen LogP contribution in [0.5, 0.6) is 5.75 Å². The van der Waals surface area contributed by atoms with Gasteiger partial charge in [0.15, 0.2) is 0 Å². The van der Waals surface area contributed by atoms with E-state index in [1.54, 1.807) is 19.9 Å². The van der Waals surface area contributed by atoms with Gasteiger partial charge in [0.25, 0.3) is 5.91 Å². The van der Waals surface area contributed by atoms with Crippen molar-refractivity contribution in [2.24, 2.45) is 5.73 Å². The highest BCUT2D eigenvalue weighted by atomic mass is 19.4. The summed E-state index contributed by atoms with van der Waals surface area (Å²) in [4.78, 5) is 29.0. The summed E-state index contributed by atoms with van der Waals surface area (Å²) in [6, 6.07) is 10.3. The summed E-state index contributed by atoms with van der Waals surface area (Å²) >= 11 is 0. The zero-order valence-corrected chi connectivity index (χ0v) is 19.0. The molecule has 2 heterocycles. The number of rotatable bonds is 6. The van der Waals surface area contributed by atoms with Crippen molar-refractivity contribution in [1.29, 1.82) is 0 Å². The highest BCUT2D eigenvalue weighted by Crippen LogP contribution is 2.26. The maximum absolute atomic E-state index is 13.7. The van der Waals surface area contributed by atoms with Crippen LogP contribution in [-0.4, -0.2) is 32.9 Å². The Hall–Kier alpha value is -4.48. The van der Waals surface area contributed by atoms with Gasteiger partial charge >= 0.3 is 6.36 Å². The van der Waals surface area contributed by atoms with Crippen molar-refractivity contribution < 1.29 is 31.9 Å². The number of amides is 2. The number of benzene rings is 2. The molecule has 0 atom stereocenters. The first-order chi connectivity index (χ1) is 16.9. The highest BCUT2D eigenvalue weighted by Gasteiger charge is 2.31. The van der Waals surface area contributed by atoms with E-state index >= 15 is 0 Å². The Balaban J connectivity index is 1.61. The Bertz CT molecular complexity index is 1500. The number of carbonyl (C=O) groups excluding carboxylic acids is 2. The van der Waals surface area contributed by atoms with E-state index < -0.39 is 24.0 Å². The number of hydrogen-bond acceptors (Lipinski definition) is 5. The summed E-state index contributed by atoms with van der Waals surface area (Å²) in [6.07, 6.45) is -4.81. The second kappa shape index (κ2) is 9.29. The van der Waals surface area contributed by atoms with Crippen molar-refractivity contribution in [3.63, 3.8) is 0 Å². The van der Waals surface area contributed by atoms with Gasteiger partial charge in [0, 0.05) is 11.5 Å². The number of fused-ring (bicyclic) bond motifs is 1. The van der Waals surface area contributed by atoms with Crippen LogP contribution in [0.4, 0.5) is 23.2 Å². The van der Waals surface area contributed by atoms with Gasteiger partial charge in [-0.3, -0.25) is 14.3 Å². The molecule has 3 N–H and O–H groups in total. The van der Waals surface area contributed by atoms with E-state index in [-0.39, 0.29) is 29.1 Å². The van der Waals surface area contributed by atoms with Crippen molar-refractivity contribution >= 4 is 28.4 Å². The number of pyridine rings is 1. The van der Waals surface area contributed by atoms with Crippen molar-refractivity contribution in [1.82, 2.24) is 14.8 Å². The summed E-state index contributed by atoms with van der Waals surface area (Å²) in [5.41, 5.74) is 7.16. The molecule has 0 spiro atoms. The van der Waals surface area contributed by atoms with Crippen LogP contribution in [0.15, 0.2) is 48.5 Å². The van der Waals surface area contributed by atoms with Crippen LogP contribution in [0.1, 0.15) is 37.8 Å². The molecule has 0 saturated heterocycles. The van der Waals surface area contributed by atoms with Gasteiger partial charge in [-0.25, -0.2) is 9.37 Å². The summed E-state index contributed by atoms with van der Waals surface area (Å²) in [6.45, 7) is 3.42. The standard InChI is InChI=1S/C24H19F4N5O3/c1-12-21(13(2)33(32-12)11-14-4-3-5-16(8-14)36-24(26,27)28)31-23(35)20-10-18(22(29)34)17-7-6-15(25)9-19(17)30-20/h3-10H,11H2,1-2H3,(H2,29,34)(H,31,35). The van der Waals surface area contributed by atoms with Crippen LogP contribution in [0.2, 0.25) is 0 Å². The number of nitrogens with zero attached hydrogens (tertiary/aromatic N) is 3. The number of ether oxygens (including phenoxy) is 1. The van der Waals surface area contributed by atoms with Crippen LogP contribution in [-0.2, 0) is 6.54 Å². The number of aryl methyl sites for hydroxylation is 1. The molecule has 0 saturated carbocycles. The average molecular weight is 501 g/mol. The highest BCUT2D eigenvalue weighted by molar-refractivity contribution is 6.10. The Labute approximate surface area is 201 Å². The molecule has 2 aromatic carbocycles. The minimum absolute atomic E-state index is 0.00949. The normalized spacial score (nSPS) is 11.5. The molecule has 0 aliphatic carbocycles. The number of nitrogens with one attached hydrogen (secondary N) is 1. The predicted octanol–water partition coefficient (Wildman–Crippen LogP) is 4.49. The lowest BCUT2D eigenvalue weighted by Crippen LogP contribution is -2.18. The smallest absolute Gasteiger partial charge is 0.406 e. The molecule has 2 aromatic heterocycles. The van der Waals surface area contributed by atoms with Crippen LogP contribution < -0.4 is 15.8 Å². The average Bonchev–Trinajstić information content (AvgIpc) is 3.04. The van der Waals surface area contributed by atoms with Crippen molar-refractivity contribution in [2.75, 3.05) is 5.32 Å². The number of aromatic nitrogens is 3. The fourth-order valence-electron chi connectivity index (χ4n) is 3.74. The van der Waals surface area contributed by atoms with E-state index in [9.17, 15) is 27.2 Å². The van der Waals surface area contributed by atoms with Gasteiger partial charge < -0.3 is 15.8 Å². The number of alkyl halides is 3. The molecular formula is C24H19F4N5O3. The largest absolute Gasteiger partial charge is 0.573 e. The predicted molar refractivity (Wildman–Crippen MR) is 122 cm³/mol. The molecule has 0 aliphatic heterocycles. The second-order valence-electron chi connectivity index (χ2n) is 7.93. The monoisotopic (exact) mass is 501 g/mol. The lowest BCUT2D eigenvalue weighted by atomic mass is 10.1. The molecule has 12 heteroatoms. The first-order valence-electron chi connectivity index (χ1n) is 10.5. The zero-order valence-electron chi connectivity index (χ0n) is 19.0. The van der Waals surface area contributed by atoms with Gasteiger partial charge in [-0.1, -0.05) is 12.1 Å². The van der Waals surface area contributed by atoms with Gasteiger partial charge in [-0.15, -0.1) is 13.2 Å². The molecule has 0 aliphatic rings. The van der Waals surface area contributed by atoms with Gasteiger partial charge in [0.2, 0.25) is 5.91 Å². The Morgan fingerprint density at radius 2 is 1.86 bits per heavy atom. The number of primary amides is 1. The summed E-state index contributed by atoms with van der Waals surface area (Å²) in [7, 11) is 0. The summed E-state index contributed by atoms with van der Waals surface area (Å²) < 4.78 is 56.8. The summed E-state index contributed by atoms with van der Waals surface area (Å²) in [5.74, 6) is -2.45. The lowest BCUT2D eigenvalue weighted by Gasteiger charge is -2.11. The number of halogens is 4. The van der Waals surface area contributed by atoms with Crippen LogP contribution >= 0.6 is 0 Å². The first-order valence-corrected chi connectivity index (χ1v) is 10.5. The SMILES string of the molecule is Cc1nn(Cc2cccc(OC(F)(F)F)c2)c(C)c1NC(=O)c1cc(C(N)=O)c2ccc(F)cc2n1. The fraction of sp³-hybridized carbons (Fsp3) is 0.167. The molecule has 186 valence electrons. The summed E-state index contributed by atoms with van der Waals surface area (Å²) in [5, 5.41) is 7.35. The second-order valence-corrected chi connectivity index (χ2v) is 7.93. The quantitative estimate of drug-likeness (QED) is 0.378. The van der Waals surface area contributed by atoms with Crippen LogP contribution in [0.25, 0.3) is 10.9 Å². The molecule has 2 amide bonds. The Morgan fingerprint density at radius 3 is 2.56 bits per heavy atom. The van der Waals surface area contributed by atoms with E-state index in [1.807, 2.05) is 0 Å². The molecule has 4 rings (SSSR count). The van der Waals surface area contributed by atoms with Gasteiger partial charge in [-0.2, -0.15) is 5.10 Å². The van der Waals surface area contributed by atoms with Gasteiger partial charge in [0.1, 0.15) is 17.3 Å². The molecule has 36 heavy (non-hydrogen) atoms. The number of hydrogen-bond donors (Lipinski definition) is 2. The van der Waals surface area contributed by atoms with E-state index in [0.717, 1.165) is 12.1 Å². The Morgan fingerprint density at radius 1 is 1.11 bits per heavy atom. The molecule has 0 bridgehead atoms. The molecule has 0 radical (unpaired) electrons. The van der Waals surface area contributed by atoms with Crippen LogP contribution in [0, 0.1) is 19.7 Å². The first kappa shape index (κ1) is 24.6. The molecule has 0 unspecified atom stereocenters. The fourth-order valence-corrected chi connectivity index (χ4v) is 3.74. The minimum Gasteiger partial charge on any atom is -0.406 e. The number of anilines is 1. The van der Waals surface area contributed by atoms with E-state index in [1.165, 1.54) is 35.0 Å². The number of nitrogens with two attached hydrogens (primary N) is 1. The van der Waals surface area contributed by atoms with Crippen molar-refractivity contribution in [2.45, 2.75) is 26.8 Å². The van der Waals surface area contributed by atoms with Gasteiger partial charge in [-0.05, 0) is 49.7 Å². The molecular weight excluding hydrogens is 482 g/mol. The van der Waals surface area contributed by atoms with Crippen LogP contribution in [0.3, 0.4) is 0 Å². The number of carbonyl (C=O) groups is 2. The minimum atomic E-state index is -4.81. The van der Waals surface area contributed by atoms with Crippen molar-refractivity contribution in [3.8, 4) is 5.75 Å². The Kier molecular flexibility index (Phi) is 6.35. The molecule has 0 fully saturated rings. The zero-order chi connectivity index (χ0) is 26.2. The third kappa shape index (κ3) is 5.27.